The largest absolute Gasteiger partial charge is 0.362 e. The molecule has 0 aliphatic carbocycles. The van der Waals surface area contributed by atoms with Crippen LogP contribution in [-0.4, -0.2) is 37.0 Å². The number of benzene rings is 1. The molecule has 3 heteroatoms. The van der Waals surface area contributed by atoms with E-state index in [-0.39, 0.29) is 5.91 Å². The van der Waals surface area contributed by atoms with Crippen LogP contribution in [0.3, 0.4) is 0 Å². The number of hydrogen-bond donors (Lipinski definition) is 0. The van der Waals surface area contributed by atoms with E-state index in [0.29, 0.717) is 6.54 Å². The summed E-state index contributed by atoms with van der Waals surface area (Å²) < 4.78 is 0. The molecule has 1 fully saturated rings. The Bertz CT molecular complexity index is 490. The van der Waals surface area contributed by atoms with Crippen molar-refractivity contribution in [3.8, 4) is 0 Å². The van der Waals surface area contributed by atoms with Crippen LogP contribution in [0.25, 0.3) is 0 Å². The van der Waals surface area contributed by atoms with E-state index >= 15 is 0 Å². The molecule has 0 bridgehead atoms. The highest BCUT2D eigenvalue weighted by Gasteiger charge is 2.22. The maximum atomic E-state index is 12.5. The standard InChI is InChI=1S/C18H28N2O/c1-5-19(17-7-6-15(3)12-16(17)4)13-18(21)20-10-8-14(2)9-11-20/h6-7,12,14H,5,8-11,13H2,1-4H3. The number of hydrogen-bond acceptors (Lipinski definition) is 2. The minimum Gasteiger partial charge on any atom is -0.362 e. The van der Waals surface area contributed by atoms with Crippen molar-refractivity contribution in [1.82, 2.24) is 4.90 Å². The molecule has 1 saturated heterocycles. The quantitative estimate of drug-likeness (QED) is 0.848. The first-order valence-corrected chi connectivity index (χ1v) is 8.11. The highest BCUT2D eigenvalue weighted by molar-refractivity contribution is 5.82. The minimum absolute atomic E-state index is 0.267. The molecule has 0 atom stereocenters. The van der Waals surface area contributed by atoms with Crippen molar-refractivity contribution in [1.29, 1.82) is 0 Å². The van der Waals surface area contributed by atoms with Crippen molar-refractivity contribution in [2.45, 2.75) is 40.5 Å². The van der Waals surface area contributed by atoms with Crippen LogP contribution in [0.2, 0.25) is 0 Å². The Kier molecular flexibility index (Phi) is 5.27. The van der Waals surface area contributed by atoms with E-state index in [0.717, 1.165) is 38.4 Å². The summed E-state index contributed by atoms with van der Waals surface area (Å²) in [5, 5.41) is 0. The van der Waals surface area contributed by atoms with Gasteiger partial charge in [0.05, 0.1) is 6.54 Å². The molecule has 1 aliphatic rings. The van der Waals surface area contributed by atoms with Gasteiger partial charge in [-0.1, -0.05) is 24.6 Å². The van der Waals surface area contributed by atoms with Gasteiger partial charge in [0.15, 0.2) is 0 Å². The zero-order chi connectivity index (χ0) is 15.4. The van der Waals surface area contributed by atoms with Gasteiger partial charge in [0.2, 0.25) is 5.91 Å². The third kappa shape index (κ3) is 3.99. The molecule has 0 aromatic heterocycles. The molecule has 1 heterocycles. The lowest BCUT2D eigenvalue weighted by Crippen LogP contribution is -2.44. The third-order valence-corrected chi connectivity index (χ3v) is 4.54. The van der Waals surface area contributed by atoms with Crippen molar-refractivity contribution < 1.29 is 4.79 Å². The van der Waals surface area contributed by atoms with Crippen molar-refractivity contribution in [3.63, 3.8) is 0 Å². The minimum atomic E-state index is 0.267. The molecule has 1 aliphatic heterocycles. The number of likely N-dealkylation sites (tertiary alicyclic amines) is 1. The van der Waals surface area contributed by atoms with Crippen LogP contribution in [0.5, 0.6) is 0 Å². The van der Waals surface area contributed by atoms with Gasteiger partial charge in [0, 0.05) is 25.3 Å². The van der Waals surface area contributed by atoms with E-state index in [1.54, 1.807) is 0 Å². The molecule has 0 unspecified atom stereocenters. The average Bonchev–Trinajstić information content (AvgIpc) is 2.46. The summed E-state index contributed by atoms with van der Waals surface area (Å²) in [6.45, 7) is 11.8. The second-order valence-electron chi connectivity index (χ2n) is 6.37. The van der Waals surface area contributed by atoms with Crippen LogP contribution in [0.4, 0.5) is 5.69 Å². The van der Waals surface area contributed by atoms with Crippen LogP contribution in [0, 0.1) is 19.8 Å². The first kappa shape index (κ1) is 15.9. The summed E-state index contributed by atoms with van der Waals surface area (Å²) in [6.07, 6.45) is 2.28. The number of amides is 1. The Hall–Kier alpha value is -1.51. The number of likely N-dealkylation sites (N-methyl/N-ethyl adjacent to an activating group) is 1. The van der Waals surface area contributed by atoms with E-state index in [4.69, 9.17) is 0 Å². The van der Waals surface area contributed by atoms with E-state index in [2.05, 4.69) is 50.8 Å². The van der Waals surface area contributed by atoms with Crippen molar-refractivity contribution in [2.24, 2.45) is 5.92 Å². The Morgan fingerprint density at radius 1 is 1.29 bits per heavy atom. The molecule has 0 radical (unpaired) electrons. The zero-order valence-electron chi connectivity index (χ0n) is 13.9. The summed E-state index contributed by atoms with van der Waals surface area (Å²) in [5.74, 6) is 1.03. The fourth-order valence-corrected chi connectivity index (χ4v) is 3.05. The molecule has 21 heavy (non-hydrogen) atoms. The van der Waals surface area contributed by atoms with E-state index in [1.807, 2.05) is 4.90 Å². The van der Waals surface area contributed by atoms with E-state index in [9.17, 15) is 4.79 Å². The lowest BCUT2D eigenvalue weighted by Gasteiger charge is -2.33. The summed E-state index contributed by atoms with van der Waals surface area (Å²) in [4.78, 5) is 16.7. The zero-order valence-corrected chi connectivity index (χ0v) is 13.9. The van der Waals surface area contributed by atoms with Gasteiger partial charge >= 0.3 is 0 Å². The fourth-order valence-electron chi connectivity index (χ4n) is 3.05. The average molecular weight is 288 g/mol. The van der Waals surface area contributed by atoms with E-state index in [1.165, 1.54) is 16.8 Å². The summed E-state index contributed by atoms with van der Waals surface area (Å²) in [5.41, 5.74) is 3.70. The topological polar surface area (TPSA) is 23.6 Å². The van der Waals surface area contributed by atoms with E-state index < -0.39 is 0 Å². The van der Waals surface area contributed by atoms with Crippen LogP contribution < -0.4 is 4.90 Å². The van der Waals surface area contributed by atoms with Crippen LogP contribution in [0.1, 0.15) is 37.8 Å². The second kappa shape index (κ2) is 6.97. The second-order valence-corrected chi connectivity index (χ2v) is 6.37. The predicted molar refractivity (Wildman–Crippen MR) is 88.8 cm³/mol. The molecular weight excluding hydrogens is 260 g/mol. The molecule has 1 amide bonds. The third-order valence-electron chi connectivity index (χ3n) is 4.54. The predicted octanol–water partition coefficient (Wildman–Crippen LogP) is 3.39. The summed E-state index contributed by atoms with van der Waals surface area (Å²) in [7, 11) is 0. The number of carbonyl (C=O) groups is 1. The number of piperidine rings is 1. The van der Waals surface area contributed by atoms with Gasteiger partial charge in [-0.3, -0.25) is 4.79 Å². The van der Waals surface area contributed by atoms with Gasteiger partial charge in [0.1, 0.15) is 0 Å². The van der Waals surface area contributed by atoms with Gasteiger partial charge in [0.25, 0.3) is 0 Å². The first-order chi connectivity index (χ1) is 10.0. The summed E-state index contributed by atoms with van der Waals surface area (Å²) >= 11 is 0. The monoisotopic (exact) mass is 288 g/mol. The molecule has 3 nitrogen and oxygen atoms in total. The first-order valence-electron chi connectivity index (χ1n) is 8.11. The number of aryl methyl sites for hydroxylation is 2. The maximum absolute atomic E-state index is 12.5. The SMILES string of the molecule is CCN(CC(=O)N1CCC(C)CC1)c1ccc(C)cc1C. The lowest BCUT2D eigenvalue weighted by molar-refractivity contribution is -0.131. The number of anilines is 1. The Morgan fingerprint density at radius 3 is 2.52 bits per heavy atom. The normalized spacial score (nSPS) is 16.1. The van der Waals surface area contributed by atoms with Crippen LogP contribution in [-0.2, 0) is 4.79 Å². The fraction of sp³-hybridized carbons (Fsp3) is 0.611. The van der Waals surface area contributed by atoms with Crippen molar-refractivity contribution >= 4 is 11.6 Å². The Balaban J connectivity index is 2.03. The Labute approximate surface area is 128 Å². The molecule has 1 aromatic rings. The lowest BCUT2D eigenvalue weighted by atomic mass is 9.99. The van der Waals surface area contributed by atoms with Crippen LogP contribution in [0.15, 0.2) is 18.2 Å². The molecular formula is C18H28N2O. The molecule has 0 saturated carbocycles. The van der Waals surface area contributed by atoms with Gasteiger partial charge in [-0.2, -0.15) is 0 Å². The molecule has 1 aromatic carbocycles. The van der Waals surface area contributed by atoms with Gasteiger partial charge in [-0.15, -0.1) is 0 Å². The number of rotatable bonds is 4. The van der Waals surface area contributed by atoms with Gasteiger partial charge in [-0.25, -0.2) is 0 Å². The molecule has 0 spiro atoms. The van der Waals surface area contributed by atoms with Gasteiger partial charge < -0.3 is 9.80 Å². The maximum Gasteiger partial charge on any atom is 0.242 e. The smallest absolute Gasteiger partial charge is 0.242 e. The highest BCUT2D eigenvalue weighted by atomic mass is 16.2. The Morgan fingerprint density at radius 2 is 1.95 bits per heavy atom. The van der Waals surface area contributed by atoms with Crippen molar-refractivity contribution in [3.05, 3.63) is 29.3 Å². The highest BCUT2D eigenvalue weighted by Crippen LogP contribution is 2.22. The summed E-state index contributed by atoms with van der Waals surface area (Å²) in [6, 6.07) is 6.45. The molecule has 0 N–H and O–H groups in total. The molecule has 116 valence electrons. The molecule has 2 rings (SSSR count). The van der Waals surface area contributed by atoms with Crippen molar-refractivity contribution in [2.75, 3.05) is 31.1 Å². The van der Waals surface area contributed by atoms with Crippen LogP contribution >= 0.6 is 0 Å². The number of nitrogens with zero attached hydrogens (tertiary/aromatic N) is 2. The number of carbonyl (C=O) groups excluding carboxylic acids is 1. The van der Waals surface area contributed by atoms with Gasteiger partial charge in [-0.05, 0) is 51.2 Å².